The molecule has 0 aromatic carbocycles. The molecule has 0 amide bonds. The van der Waals surface area contributed by atoms with E-state index in [0.29, 0.717) is 0 Å². The standard InChI is InChI=1S/C6H12.8H2O/c1-2-4-6-5-3-1;;;;;;;;/h1-6H2;8*1H2. The Balaban J connectivity index is -0.00000000750. The SMILES string of the molecule is C1CCCCC1.O.O.O.O.O.O.O.O. The highest BCUT2D eigenvalue weighted by atomic mass is 16.0. The highest BCUT2D eigenvalue weighted by molar-refractivity contribution is 4.51. The van der Waals surface area contributed by atoms with E-state index >= 15 is 0 Å². The molecule has 1 rings (SSSR count). The van der Waals surface area contributed by atoms with Gasteiger partial charge in [0.1, 0.15) is 0 Å². The molecular formula is C6H28O8. The van der Waals surface area contributed by atoms with Gasteiger partial charge in [-0.15, -0.1) is 0 Å². The minimum Gasteiger partial charge on any atom is -0.412 e. The van der Waals surface area contributed by atoms with E-state index in [0.717, 1.165) is 0 Å². The summed E-state index contributed by atoms with van der Waals surface area (Å²) in [5.41, 5.74) is 0. The second kappa shape index (κ2) is 53.6. The van der Waals surface area contributed by atoms with Gasteiger partial charge in [-0.2, -0.15) is 0 Å². The lowest BCUT2D eigenvalue weighted by molar-refractivity contribution is 0.504. The van der Waals surface area contributed by atoms with Crippen LogP contribution < -0.4 is 0 Å². The molecule has 1 aliphatic carbocycles. The summed E-state index contributed by atoms with van der Waals surface area (Å²) in [5.74, 6) is 0. The fraction of sp³-hybridized carbons (Fsp3) is 1.00. The Morgan fingerprint density at radius 2 is 0.286 bits per heavy atom. The van der Waals surface area contributed by atoms with Gasteiger partial charge in [0.25, 0.3) is 0 Å². The zero-order chi connectivity index (χ0) is 4.24. The van der Waals surface area contributed by atoms with Gasteiger partial charge < -0.3 is 43.8 Å². The second-order valence-electron chi connectivity index (χ2n) is 2.12. The number of rotatable bonds is 0. The summed E-state index contributed by atoms with van der Waals surface area (Å²) in [4.78, 5) is 0. The summed E-state index contributed by atoms with van der Waals surface area (Å²) in [6.07, 6.45) is 9.00. The number of hydrogen-bond acceptors (Lipinski definition) is 0. The van der Waals surface area contributed by atoms with Crippen molar-refractivity contribution in [3.63, 3.8) is 0 Å². The molecule has 8 nitrogen and oxygen atoms in total. The Morgan fingerprint density at radius 3 is 0.357 bits per heavy atom. The van der Waals surface area contributed by atoms with Crippen LogP contribution in [0.25, 0.3) is 0 Å². The molecule has 0 radical (unpaired) electrons. The third kappa shape index (κ3) is 41.3. The van der Waals surface area contributed by atoms with Crippen LogP contribution >= 0.6 is 0 Å². The smallest absolute Gasteiger partial charge is 0.0533 e. The predicted octanol–water partition coefficient (Wildman–Crippen LogP) is -4.26. The molecule has 0 aromatic rings. The first-order chi connectivity index (χ1) is 3.00. The van der Waals surface area contributed by atoms with Gasteiger partial charge in [0, 0.05) is 0 Å². The molecule has 0 heterocycles. The maximum atomic E-state index is 1.50. The molecule has 14 heavy (non-hydrogen) atoms. The monoisotopic (exact) mass is 228 g/mol. The van der Waals surface area contributed by atoms with E-state index in [1.54, 1.807) is 0 Å². The maximum Gasteiger partial charge on any atom is -0.0533 e. The van der Waals surface area contributed by atoms with Crippen molar-refractivity contribution >= 4 is 0 Å². The molecule has 1 aliphatic rings. The molecule has 1 saturated carbocycles. The van der Waals surface area contributed by atoms with E-state index in [2.05, 4.69) is 0 Å². The lowest BCUT2D eigenvalue weighted by Gasteiger charge is -2.05. The van der Waals surface area contributed by atoms with Crippen molar-refractivity contribution < 1.29 is 43.8 Å². The van der Waals surface area contributed by atoms with Gasteiger partial charge in [-0.25, -0.2) is 0 Å². The molecule has 0 unspecified atom stereocenters. The highest BCUT2D eigenvalue weighted by Gasteiger charge is 1.95. The molecule has 0 bridgehead atoms. The van der Waals surface area contributed by atoms with Crippen LogP contribution in [0, 0.1) is 0 Å². The van der Waals surface area contributed by atoms with Gasteiger partial charge in [-0.1, -0.05) is 38.5 Å². The van der Waals surface area contributed by atoms with Gasteiger partial charge in [-0.05, 0) is 0 Å². The molecule has 16 N–H and O–H groups in total. The largest absolute Gasteiger partial charge is 0.412 e. The molecule has 8 heteroatoms. The average molecular weight is 228 g/mol. The Labute approximate surface area is 83.4 Å². The van der Waals surface area contributed by atoms with Crippen molar-refractivity contribution in [2.75, 3.05) is 0 Å². The highest BCUT2D eigenvalue weighted by Crippen LogP contribution is 2.15. The van der Waals surface area contributed by atoms with Gasteiger partial charge in [0.05, 0.1) is 0 Å². The zero-order valence-corrected chi connectivity index (χ0v) is 8.24. The van der Waals surface area contributed by atoms with Crippen molar-refractivity contribution in [2.45, 2.75) is 38.5 Å². The summed E-state index contributed by atoms with van der Waals surface area (Å²) in [6, 6.07) is 0. The minimum absolute atomic E-state index is 0. The van der Waals surface area contributed by atoms with Crippen molar-refractivity contribution in [1.29, 1.82) is 0 Å². The summed E-state index contributed by atoms with van der Waals surface area (Å²) < 4.78 is 0. The fourth-order valence-electron chi connectivity index (χ4n) is 1.06. The molecule has 1 fully saturated rings. The molecule has 0 atom stereocenters. The van der Waals surface area contributed by atoms with Crippen LogP contribution in [-0.4, -0.2) is 43.8 Å². The fourth-order valence-corrected chi connectivity index (χ4v) is 1.06. The average Bonchev–Trinajstić information content (AvgIpc) is 1.72. The van der Waals surface area contributed by atoms with E-state index in [9.17, 15) is 0 Å². The van der Waals surface area contributed by atoms with Crippen LogP contribution in [0.2, 0.25) is 0 Å². The maximum absolute atomic E-state index is 1.50. The Morgan fingerprint density at radius 1 is 0.214 bits per heavy atom. The lowest BCUT2D eigenvalue weighted by Crippen LogP contribution is -1.85. The van der Waals surface area contributed by atoms with Gasteiger partial charge >= 0.3 is 0 Å². The van der Waals surface area contributed by atoms with Crippen LogP contribution in [0.3, 0.4) is 0 Å². The van der Waals surface area contributed by atoms with Gasteiger partial charge in [0.2, 0.25) is 0 Å². The van der Waals surface area contributed by atoms with Crippen LogP contribution in [0.4, 0.5) is 0 Å². The predicted molar refractivity (Wildman–Crippen MR) is 56.6 cm³/mol. The Bertz CT molecular complexity index is 29.3. The normalized spacial score (nSPS) is 10.3. The molecule has 0 saturated heterocycles. The first-order valence-corrected chi connectivity index (χ1v) is 3.00. The van der Waals surface area contributed by atoms with Crippen LogP contribution in [0.15, 0.2) is 0 Å². The van der Waals surface area contributed by atoms with E-state index in [-0.39, 0.29) is 43.8 Å². The van der Waals surface area contributed by atoms with Crippen LogP contribution in [0.5, 0.6) is 0 Å². The minimum atomic E-state index is 0. The van der Waals surface area contributed by atoms with Crippen LogP contribution in [0.1, 0.15) is 38.5 Å². The molecule has 0 spiro atoms. The van der Waals surface area contributed by atoms with E-state index in [1.165, 1.54) is 38.5 Å². The summed E-state index contributed by atoms with van der Waals surface area (Å²) in [7, 11) is 0. The Hall–Kier alpha value is -0.320. The summed E-state index contributed by atoms with van der Waals surface area (Å²) in [6.45, 7) is 0. The Kier molecular flexibility index (Phi) is 261. The lowest BCUT2D eigenvalue weighted by atomic mass is 10.0. The molecular weight excluding hydrogens is 200 g/mol. The first-order valence-electron chi connectivity index (χ1n) is 3.00. The first kappa shape index (κ1) is 68.2. The number of hydrogen-bond donors (Lipinski definition) is 0. The zero-order valence-electron chi connectivity index (χ0n) is 8.24. The van der Waals surface area contributed by atoms with Crippen molar-refractivity contribution in [3.05, 3.63) is 0 Å². The van der Waals surface area contributed by atoms with E-state index in [4.69, 9.17) is 0 Å². The van der Waals surface area contributed by atoms with Crippen molar-refractivity contribution in [3.8, 4) is 0 Å². The van der Waals surface area contributed by atoms with Crippen molar-refractivity contribution in [1.82, 2.24) is 0 Å². The van der Waals surface area contributed by atoms with E-state index < -0.39 is 0 Å². The van der Waals surface area contributed by atoms with E-state index in [1.807, 2.05) is 0 Å². The quantitative estimate of drug-likeness (QED) is 0.381. The summed E-state index contributed by atoms with van der Waals surface area (Å²) >= 11 is 0. The second-order valence-corrected chi connectivity index (χ2v) is 2.12. The third-order valence-corrected chi connectivity index (χ3v) is 1.50. The van der Waals surface area contributed by atoms with Gasteiger partial charge in [-0.3, -0.25) is 0 Å². The van der Waals surface area contributed by atoms with Crippen molar-refractivity contribution in [2.24, 2.45) is 0 Å². The van der Waals surface area contributed by atoms with Crippen LogP contribution in [-0.2, 0) is 0 Å². The molecule has 0 aromatic heterocycles. The topological polar surface area (TPSA) is 252 Å². The molecule has 100 valence electrons. The third-order valence-electron chi connectivity index (χ3n) is 1.50. The van der Waals surface area contributed by atoms with Gasteiger partial charge in [0.15, 0.2) is 0 Å². The molecule has 0 aliphatic heterocycles. The summed E-state index contributed by atoms with van der Waals surface area (Å²) in [5, 5.41) is 0.